The van der Waals surface area contributed by atoms with Crippen LogP contribution in [-0.4, -0.2) is 34.4 Å². The Kier molecular flexibility index (Phi) is 2.36. The SMILES string of the molecule is C[S+]([O-])N1CC(C(F)(F)F)C1. The van der Waals surface area contributed by atoms with Crippen molar-refractivity contribution in [3.63, 3.8) is 0 Å². The van der Waals surface area contributed by atoms with Gasteiger partial charge in [0, 0.05) is 11.4 Å². The lowest BCUT2D eigenvalue weighted by Crippen LogP contribution is -2.55. The first-order valence-electron chi connectivity index (χ1n) is 3.06. The van der Waals surface area contributed by atoms with E-state index >= 15 is 0 Å². The first-order valence-corrected chi connectivity index (χ1v) is 4.58. The molecule has 1 saturated heterocycles. The highest BCUT2D eigenvalue weighted by atomic mass is 32.2. The molecule has 0 bridgehead atoms. The van der Waals surface area contributed by atoms with Gasteiger partial charge in [0.15, 0.2) is 0 Å². The predicted octanol–water partition coefficient (Wildman–Crippen LogP) is 0.774. The summed E-state index contributed by atoms with van der Waals surface area (Å²) in [5.41, 5.74) is 0. The van der Waals surface area contributed by atoms with E-state index in [4.69, 9.17) is 0 Å². The summed E-state index contributed by atoms with van der Waals surface area (Å²) in [6.07, 6.45) is -2.73. The van der Waals surface area contributed by atoms with Crippen LogP contribution >= 0.6 is 0 Å². The Balaban J connectivity index is 2.30. The summed E-state index contributed by atoms with van der Waals surface area (Å²) in [5.74, 6) is -1.27. The van der Waals surface area contributed by atoms with Gasteiger partial charge < -0.3 is 4.55 Å². The quantitative estimate of drug-likeness (QED) is 0.567. The largest absolute Gasteiger partial charge is 0.598 e. The average molecular weight is 187 g/mol. The molecule has 11 heavy (non-hydrogen) atoms. The number of alkyl halides is 3. The summed E-state index contributed by atoms with van der Waals surface area (Å²) in [4.78, 5) is 0. The average Bonchev–Trinajstić information content (AvgIpc) is 1.51. The molecule has 6 heteroatoms. The van der Waals surface area contributed by atoms with Gasteiger partial charge in [0.1, 0.15) is 6.26 Å². The molecule has 0 radical (unpaired) electrons. The molecule has 0 aromatic rings. The van der Waals surface area contributed by atoms with Crippen LogP contribution in [0.3, 0.4) is 0 Å². The van der Waals surface area contributed by atoms with Crippen LogP contribution in [0.2, 0.25) is 0 Å². The van der Waals surface area contributed by atoms with Crippen LogP contribution in [0, 0.1) is 5.92 Å². The van der Waals surface area contributed by atoms with Gasteiger partial charge >= 0.3 is 6.18 Å². The molecule has 66 valence electrons. The fourth-order valence-electron chi connectivity index (χ4n) is 0.855. The highest BCUT2D eigenvalue weighted by Crippen LogP contribution is 2.34. The van der Waals surface area contributed by atoms with Gasteiger partial charge in [0.25, 0.3) is 0 Å². The highest BCUT2D eigenvalue weighted by molar-refractivity contribution is 7.88. The van der Waals surface area contributed by atoms with Crippen molar-refractivity contribution in [2.24, 2.45) is 5.92 Å². The molecule has 0 saturated carbocycles. The van der Waals surface area contributed by atoms with Crippen molar-refractivity contribution >= 4 is 11.4 Å². The van der Waals surface area contributed by atoms with Crippen molar-refractivity contribution in [3.05, 3.63) is 0 Å². The molecule has 1 aliphatic heterocycles. The number of hydrogen-bond donors (Lipinski definition) is 0. The monoisotopic (exact) mass is 187 g/mol. The molecule has 0 spiro atoms. The van der Waals surface area contributed by atoms with Gasteiger partial charge in [-0.05, 0) is 0 Å². The third-order valence-electron chi connectivity index (χ3n) is 1.67. The number of hydrogen-bond acceptors (Lipinski definition) is 2. The Morgan fingerprint density at radius 2 is 1.91 bits per heavy atom. The molecule has 0 amide bonds. The van der Waals surface area contributed by atoms with E-state index in [9.17, 15) is 17.7 Å². The Labute approximate surface area is 65.7 Å². The molecule has 0 aromatic heterocycles. The smallest absolute Gasteiger partial charge is 0.394 e. The summed E-state index contributed by atoms with van der Waals surface area (Å²) in [5, 5.41) is 0. The van der Waals surface area contributed by atoms with E-state index in [1.54, 1.807) is 0 Å². The van der Waals surface area contributed by atoms with Gasteiger partial charge in [-0.3, -0.25) is 0 Å². The lowest BCUT2D eigenvalue weighted by Gasteiger charge is -2.37. The molecule has 0 aliphatic carbocycles. The van der Waals surface area contributed by atoms with Crippen LogP contribution in [0.15, 0.2) is 0 Å². The summed E-state index contributed by atoms with van der Waals surface area (Å²) in [7, 11) is 0. The molecule has 1 rings (SSSR count). The Morgan fingerprint density at radius 3 is 2.18 bits per heavy atom. The van der Waals surface area contributed by atoms with Crippen LogP contribution in [-0.2, 0) is 11.4 Å². The minimum Gasteiger partial charge on any atom is -0.598 e. The fraction of sp³-hybridized carbons (Fsp3) is 1.00. The highest BCUT2D eigenvalue weighted by Gasteiger charge is 2.50. The summed E-state index contributed by atoms with van der Waals surface area (Å²) >= 11 is -1.25. The van der Waals surface area contributed by atoms with E-state index in [1.165, 1.54) is 10.6 Å². The van der Waals surface area contributed by atoms with E-state index in [2.05, 4.69) is 0 Å². The van der Waals surface area contributed by atoms with Gasteiger partial charge in [-0.2, -0.15) is 13.2 Å². The zero-order chi connectivity index (χ0) is 8.65. The predicted molar refractivity (Wildman–Crippen MR) is 35.2 cm³/mol. The molecule has 2 nitrogen and oxygen atoms in total. The summed E-state index contributed by atoms with van der Waals surface area (Å²) < 4.78 is 47.3. The second-order valence-corrected chi connectivity index (χ2v) is 3.87. The minimum absolute atomic E-state index is 0.118. The normalized spacial score (nSPS) is 24.8. The summed E-state index contributed by atoms with van der Waals surface area (Å²) in [6, 6.07) is 0. The Bertz CT molecular complexity index is 143. The van der Waals surface area contributed by atoms with Crippen molar-refractivity contribution in [1.29, 1.82) is 0 Å². The molecule has 1 unspecified atom stereocenters. The van der Waals surface area contributed by atoms with Gasteiger partial charge in [-0.25, -0.2) is 0 Å². The third-order valence-corrected chi connectivity index (χ3v) is 2.70. The lowest BCUT2D eigenvalue weighted by atomic mass is 10.0. The molecule has 1 fully saturated rings. The van der Waals surface area contributed by atoms with Crippen molar-refractivity contribution in [2.75, 3.05) is 19.3 Å². The number of halogens is 3. The maximum absolute atomic E-state index is 11.8. The van der Waals surface area contributed by atoms with Gasteiger partial charge in [-0.1, -0.05) is 0 Å². The second kappa shape index (κ2) is 2.84. The first kappa shape index (κ1) is 9.15. The van der Waals surface area contributed by atoms with Crippen LogP contribution in [0.1, 0.15) is 0 Å². The second-order valence-electron chi connectivity index (χ2n) is 2.51. The molecule has 1 atom stereocenters. The van der Waals surface area contributed by atoms with Gasteiger partial charge in [-0.15, -0.1) is 4.31 Å². The molecule has 1 aliphatic rings. The Morgan fingerprint density at radius 1 is 1.45 bits per heavy atom. The van der Waals surface area contributed by atoms with Crippen molar-refractivity contribution in [2.45, 2.75) is 6.18 Å². The molecular formula is C5H8F3NOS. The van der Waals surface area contributed by atoms with Crippen LogP contribution in [0.4, 0.5) is 13.2 Å². The standard InChI is InChI=1S/C5H8F3NOS/c1-11(10)9-2-4(3-9)5(6,7)8/h4H,2-3H2,1H3. The van der Waals surface area contributed by atoms with E-state index in [0.717, 1.165) is 0 Å². The lowest BCUT2D eigenvalue weighted by molar-refractivity contribution is -0.198. The molecule has 0 N–H and O–H groups in total. The summed E-state index contributed by atoms with van der Waals surface area (Å²) in [6.45, 7) is -0.237. The Hall–Kier alpha value is 0.0600. The van der Waals surface area contributed by atoms with Gasteiger partial charge in [0.05, 0.1) is 19.0 Å². The minimum atomic E-state index is -4.12. The van der Waals surface area contributed by atoms with Crippen LogP contribution in [0.5, 0.6) is 0 Å². The number of nitrogens with zero attached hydrogens (tertiary/aromatic N) is 1. The van der Waals surface area contributed by atoms with Crippen LogP contribution in [0.25, 0.3) is 0 Å². The van der Waals surface area contributed by atoms with Crippen molar-refractivity contribution < 1.29 is 17.7 Å². The van der Waals surface area contributed by atoms with Gasteiger partial charge in [0.2, 0.25) is 0 Å². The van der Waals surface area contributed by atoms with E-state index in [-0.39, 0.29) is 13.1 Å². The molecular weight excluding hydrogens is 179 g/mol. The van der Waals surface area contributed by atoms with Crippen molar-refractivity contribution in [3.8, 4) is 0 Å². The first-order chi connectivity index (χ1) is 4.91. The molecule has 1 heterocycles. The van der Waals surface area contributed by atoms with E-state index in [1.807, 2.05) is 0 Å². The number of rotatable bonds is 1. The van der Waals surface area contributed by atoms with Crippen molar-refractivity contribution in [1.82, 2.24) is 4.31 Å². The zero-order valence-electron chi connectivity index (χ0n) is 5.89. The maximum atomic E-state index is 11.8. The van der Waals surface area contributed by atoms with E-state index < -0.39 is 23.5 Å². The topological polar surface area (TPSA) is 26.3 Å². The molecule has 0 aromatic carbocycles. The zero-order valence-corrected chi connectivity index (χ0v) is 6.71. The maximum Gasteiger partial charge on any atom is 0.394 e. The fourth-order valence-corrected chi connectivity index (χ4v) is 1.63. The third kappa shape index (κ3) is 2.00. The van der Waals surface area contributed by atoms with E-state index in [0.29, 0.717) is 0 Å². The van der Waals surface area contributed by atoms with Crippen LogP contribution < -0.4 is 0 Å².